The van der Waals surface area contributed by atoms with Crippen LogP contribution in [0.2, 0.25) is 0 Å². The van der Waals surface area contributed by atoms with E-state index in [0.717, 1.165) is 5.00 Å². The summed E-state index contributed by atoms with van der Waals surface area (Å²) < 4.78 is 4.55. The van der Waals surface area contributed by atoms with Crippen molar-refractivity contribution in [2.45, 2.75) is 52.6 Å². The third kappa shape index (κ3) is 9.87. The molecule has 2 N–H and O–H groups in total. The molecule has 1 rings (SSSR count). The normalized spacial score (nSPS) is 10.4. The van der Waals surface area contributed by atoms with Crippen LogP contribution in [-0.4, -0.2) is 12.1 Å². The molecule has 0 atom stereocenters. The maximum absolute atomic E-state index is 9.60. The molecule has 0 aliphatic heterocycles. The van der Waals surface area contributed by atoms with Gasteiger partial charge in [0.15, 0.2) is 0 Å². The summed E-state index contributed by atoms with van der Waals surface area (Å²) in [5.74, 6) is 0. The van der Waals surface area contributed by atoms with Crippen molar-refractivity contribution in [3.05, 3.63) is 17.0 Å². The number of hydrogen-bond donors (Lipinski definition) is 1. The Kier molecular flexibility index (Phi) is 7.63. The molecule has 1 aromatic rings. The third-order valence-corrected chi connectivity index (χ3v) is 2.84. The van der Waals surface area contributed by atoms with Crippen LogP contribution < -0.4 is 5.73 Å². The molecule has 1 aromatic heterocycles. The quantitative estimate of drug-likeness (QED) is 0.838. The summed E-state index contributed by atoms with van der Waals surface area (Å²) in [6.45, 7) is 8.13. The fourth-order valence-electron chi connectivity index (χ4n) is 1.02. The summed E-state index contributed by atoms with van der Waals surface area (Å²) in [4.78, 5) is 11.0. The van der Waals surface area contributed by atoms with Crippen molar-refractivity contribution in [1.82, 2.24) is 0 Å². The monoisotopic (exact) mass is 257 g/mol. The number of rotatable bonds is 4. The molecule has 17 heavy (non-hydrogen) atoms. The number of anilines is 1. The van der Waals surface area contributed by atoms with Crippen molar-refractivity contribution in [2.24, 2.45) is 0 Å². The van der Waals surface area contributed by atoms with E-state index in [4.69, 9.17) is 5.73 Å². The average Bonchev–Trinajstić information content (AvgIpc) is 2.60. The van der Waals surface area contributed by atoms with E-state index in [1.54, 1.807) is 11.3 Å². The number of aryl methyl sites for hydroxylation is 1. The molecule has 4 heteroatoms. The molecular formula is C13H23NO2S. The van der Waals surface area contributed by atoms with E-state index < -0.39 is 0 Å². The molecule has 98 valence electrons. The second kappa shape index (κ2) is 8.12. The van der Waals surface area contributed by atoms with Gasteiger partial charge in [0.1, 0.15) is 5.60 Å². The molecular weight excluding hydrogens is 234 g/mol. The zero-order valence-electron chi connectivity index (χ0n) is 11.2. The van der Waals surface area contributed by atoms with Gasteiger partial charge in [-0.2, -0.15) is 0 Å². The summed E-state index contributed by atoms with van der Waals surface area (Å²) >= 11 is 1.71. The number of hydrogen-bond acceptors (Lipinski definition) is 4. The first-order valence-electron chi connectivity index (χ1n) is 5.84. The Balaban J connectivity index is 0.000000325. The fraction of sp³-hybridized carbons (Fsp3) is 0.615. The molecule has 0 aliphatic carbocycles. The summed E-state index contributed by atoms with van der Waals surface area (Å²) in [6, 6.07) is 4.10. The van der Waals surface area contributed by atoms with Crippen molar-refractivity contribution in [2.75, 3.05) is 5.73 Å². The number of ether oxygens (including phenoxy) is 1. The van der Waals surface area contributed by atoms with E-state index in [9.17, 15) is 4.79 Å². The van der Waals surface area contributed by atoms with Gasteiger partial charge in [-0.3, -0.25) is 4.79 Å². The Morgan fingerprint density at radius 3 is 2.35 bits per heavy atom. The van der Waals surface area contributed by atoms with E-state index in [1.165, 1.54) is 24.1 Å². The van der Waals surface area contributed by atoms with Crippen LogP contribution in [0.1, 0.15) is 45.4 Å². The predicted octanol–water partition coefficient (Wildman–Crippen LogP) is 3.63. The lowest BCUT2D eigenvalue weighted by Crippen LogP contribution is -2.17. The molecule has 0 saturated carbocycles. The van der Waals surface area contributed by atoms with Gasteiger partial charge in [-0.25, -0.2) is 0 Å². The number of carbonyl (C=O) groups excluding carboxylic acids is 1. The molecule has 0 aromatic carbocycles. The summed E-state index contributed by atoms with van der Waals surface area (Å²) in [5, 5.41) is 0.936. The maximum Gasteiger partial charge on any atom is 0.293 e. The molecule has 0 amide bonds. The van der Waals surface area contributed by atoms with Crippen molar-refractivity contribution in [1.29, 1.82) is 0 Å². The van der Waals surface area contributed by atoms with Crippen LogP contribution in [0.15, 0.2) is 12.1 Å². The van der Waals surface area contributed by atoms with Gasteiger partial charge >= 0.3 is 0 Å². The Bertz CT molecular complexity index is 315. The maximum atomic E-state index is 9.60. The molecule has 0 fully saturated rings. The number of unbranched alkanes of at least 4 members (excludes halogenated alkanes) is 1. The molecule has 0 radical (unpaired) electrons. The van der Waals surface area contributed by atoms with E-state index in [0.29, 0.717) is 6.47 Å². The van der Waals surface area contributed by atoms with Crippen molar-refractivity contribution >= 4 is 22.8 Å². The lowest BCUT2D eigenvalue weighted by Gasteiger charge is -2.14. The second-order valence-corrected chi connectivity index (χ2v) is 5.93. The first kappa shape index (κ1) is 16.0. The highest BCUT2D eigenvalue weighted by molar-refractivity contribution is 7.15. The van der Waals surface area contributed by atoms with Crippen LogP contribution in [0.25, 0.3) is 0 Å². The minimum Gasteiger partial charge on any atom is -0.462 e. The number of nitrogen functional groups attached to an aromatic ring is 1. The highest BCUT2D eigenvalue weighted by Gasteiger charge is 2.07. The number of carbonyl (C=O) groups is 1. The molecule has 0 bridgehead atoms. The topological polar surface area (TPSA) is 52.3 Å². The highest BCUT2D eigenvalue weighted by Crippen LogP contribution is 2.19. The molecule has 0 unspecified atom stereocenters. The van der Waals surface area contributed by atoms with Gasteiger partial charge in [-0.15, -0.1) is 11.3 Å². The number of nitrogens with two attached hydrogens (primary N) is 1. The fourth-order valence-corrected chi connectivity index (χ4v) is 1.85. The first-order chi connectivity index (χ1) is 7.89. The van der Waals surface area contributed by atoms with Gasteiger partial charge in [0, 0.05) is 4.88 Å². The molecule has 1 heterocycles. The third-order valence-electron chi connectivity index (χ3n) is 1.86. The lowest BCUT2D eigenvalue weighted by molar-refractivity contribution is -0.138. The van der Waals surface area contributed by atoms with Crippen LogP contribution in [0, 0.1) is 0 Å². The largest absolute Gasteiger partial charge is 0.462 e. The minimum absolute atomic E-state index is 0.318. The first-order valence-corrected chi connectivity index (χ1v) is 6.66. The Labute approximate surface area is 108 Å². The SMILES string of the molecule is CC(C)(C)OC=O.CCCCc1ccc(N)s1. The summed E-state index contributed by atoms with van der Waals surface area (Å²) in [5.41, 5.74) is 5.25. The van der Waals surface area contributed by atoms with Crippen LogP contribution >= 0.6 is 11.3 Å². The van der Waals surface area contributed by atoms with Crippen LogP contribution in [-0.2, 0) is 16.0 Å². The smallest absolute Gasteiger partial charge is 0.293 e. The molecule has 0 saturated heterocycles. The Morgan fingerprint density at radius 1 is 1.41 bits per heavy atom. The summed E-state index contributed by atoms with van der Waals surface area (Å²) in [7, 11) is 0. The Morgan fingerprint density at radius 2 is 2.06 bits per heavy atom. The summed E-state index contributed by atoms with van der Waals surface area (Å²) in [6.07, 6.45) is 3.73. The molecule has 3 nitrogen and oxygen atoms in total. The van der Waals surface area contributed by atoms with Gasteiger partial charge < -0.3 is 10.5 Å². The van der Waals surface area contributed by atoms with E-state index in [-0.39, 0.29) is 5.60 Å². The van der Waals surface area contributed by atoms with Gasteiger partial charge in [-0.1, -0.05) is 13.3 Å². The van der Waals surface area contributed by atoms with Crippen molar-refractivity contribution in [3.63, 3.8) is 0 Å². The van der Waals surface area contributed by atoms with Gasteiger partial charge in [-0.05, 0) is 45.7 Å². The van der Waals surface area contributed by atoms with Crippen molar-refractivity contribution in [3.8, 4) is 0 Å². The van der Waals surface area contributed by atoms with Crippen LogP contribution in [0.3, 0.4) is 0 Å². The standard InChI is InChI=1S/C8H13NS.C5H10O2/c1-2-3-4-7-5-6-8(9)10-7;1-5(2,3)7-4-6/h5-6H,2-4,9H2,1H3;4H,1-3H3. The Hall–Kier alpha value is -1.03. The van der Waals surface area contributed by atoms with Crippen LogP contribution in [0.4, 0.5) is 5.00 Å². The van der Waals surface area contributed by atoms with Gasteiger partial charge in [0.25, 0.3) is 6.47 Å². The average molecular weight is 257 g/mol. The van der Waals surface area contributed by atoms with Crippen LogP contribution in [0.5, 0.6) is 0 Å². The predicted molar refractivity (Wildman–Crippen MR) is 74.2 cm³/mol. The molecule has 0 spiro atoms. The lowest BCUT2D eigenvalue weighted by atomic mass is 10.2. The van der Waals surface area contributed by atoms with Gasteiger partial charge in [0.05, 0.1) is 5.00 Å². The van der Waals surface area contributed by atoms with Crippen molar-refractivity contribution < 1.29 is 9.53 Å². The van der Waals surface area contributed by atoms with E-state index in [1.807, 2.05) is 26.8 Å². The highest BCUT2D eigenvalue weighted by atomic mass is 32.1. The number of thiophene rings is 1. The van der Waals surface area contributed by atoms with E-state index >= 15 is 0 Å². The minimum atomic E-state index is -0.318. The molecule has 0 aliphatic rings. The zero-order valence-corrected chi connectivity index (χ0v) is 12.0. The van der Waals surface area contributed by atoms with Gasteiger partial charge in [0.2, 0.25) is 0 Å². The zero-order chi connectivity index (χ0) is 13.3. The second-order valence-electron chi connectivity index (χ2n) is 4.73. The van der Waals surface area contributed by atoms with E-state index in [2.05, 4.69) is 17.7 Å².